The lowest BCUT2D eigenvalue weighted by atomic mass is 9.73. The molecule has 1 aromatic carbocycles. The summed E-state index contributed by atoms with van der Waals surface area (Å²) in [4.78, 5) is 0. The lowest BCUT2D eigenvalue weighted by Gasteiger charge is -2.40. The van der Waals surface area contributed by atoms with E-state index in [4.69, 9.17) is 4.74 Å². The summed E-state index contributed by atoms with van der Waals surface area (Å²) in [5, 5.41) is 3.79. The summed E-state index contributed by atoms with van der Waals surface area (Å²) in [6.45, 7) is 6.59. The molecule has 3 rings (SSSR count). The zero-order valence-corrected chi connectivity index (χ0v) is 13.5. The molecule has 2 heteroatoms. The van der Waals surface area contributed by atoms with Crippen molar-refractivity contribution in [3.8, 4) is 5.75 Å². The van der Waals surface area contributed by atoms with Crippen LogP contribution >= 0.6 is 0 Å². The Morgan fingerprint density at radius 1 is 1.24 bits per heavy atom. The molecule has 0 spiro atoms. The molecule has 2 aliphatic rings. The van der Waals surface area contributed by atoms with E-state index in [9.17, 15) is 0 Å². The van der Waals surface area contributed by atoms with Crippen molar-refractivity contribution in [3.05, 3.63) is 29.8 Å². The fourth-order valence-corrected chi connectivity index (χ4v) is 4.34. The Hall–Kier alpha value is -1.02. The molecule has 0 radical (unpaired) electrons. The van der Waals surface area contributed by atoms with Crippen LogP contribution in [0.4, 0.5) is 0 Å². The molecule has 116 valence electrons. The smallest absolute Gasteiger partial charge is 0.122 e. The Bertz CT molecular complexity index is 459. The van der Waals surface area contributed by atoms with Crippen LogP contribution in [0.15, 0.2) is 24.3 Å². The molecule has 21 heavy (non-hydrogen) atoms. The van der Waals surface area contributed by atoms with Gasteiger partial charge in [0.2, 0.25) is 0 Å². The van der Waals surface area contributed by atoms with Crippen LogP contribution in [-0.2, 0) is 6.42 Å². The van der Waals surface area contributed by atoms with Gasteiger partial charge in [-0.25, -0.2) is 0 Å². The zero-order valence-electron chi connectivity index (χ0n) is 13.5. The van der Waals surface area contributed by atoms with Crippen LogP contribution in [0.3, 0.4) is 0 Å². The van der Waals surface area contributed by atoms with Gasteiger partial charge in [-0.05, 0) is 49.3 Å². The summed E-state index contributed by atoms with van der Waals surface area (Å²) in [6.07, 6.45) is 6.76. The minimum atomic E-state index is 0.617. The number of nitrogens with one attached hydrogen (secondary N) is 1. The predicted octanol–water partition coefficient (Wildman–Crippen LogP) is 4.04. The van der Waals surface area contributed by atoms with E-state index in [1.165, 1.54) is 37.7 Å². The van der Waals surface area contributed by atoms with Crippen LogP contribution in [0.25, 0.3) is 0 Å². The van der Waals surface area contributed by atoms with Gasteiger partial charge >= 0.3 is 0 Å². The van der Waals surface area contributed by atoms with Crippen molar-refractivity contribution < 1.29 is 4.74 Å². The van der Waals surface area contributed by atoms with E-state index in [2.05, 4.69) is 43.4 Å². The van der Waals surface area contributed by atoms with E-state index in [0.717, 1.165) is 30.7 Å². The third-order valence-corrected chi connectivity index (χ3v) is 5.34. The van der Waals surface area contributed by atoms with Gasteiger partial charge in [0.05, 0.1) is 6.61 Å². The van der Waals surface area contributed by atoms with Gasteiger partial charge in [0.1, 0.15) is 5.75 Å². The van der Waals surface area contributed by atoms with Crippen LogP contribution in [0, 0.1) is 17.8 Å². The molecule has 1 fully saturated rings. The first kappa shape index (κ1) is 14.9. The second-order valence-electron chi connectivity index (χ2n) is 7.00. The number of ether oxygens (including phenoxy) is 1. The van der Waals surface area contributed by atoms with Crippen molar-refractivity contribution in [2.75, 3.05) is 13.2 Å². The molecule has 0 saturated heterocycles. The maximum atomic E-state index is 6.04. The Kier molecular flexibility index (Phi) is 4.84. The summed E-state index contributed by atoms with van der Waals surface area (Å²) in [7, 11) is 0. The van der Waals surface area contributed by atoms with Crippen molar-refractivity contribution in [1.29, 1.82) is 0 Å². The van der Waals surface area contributed by atoms with Gasteiger partial charge in [0.25, 0.3) is 0 Å². The van der Waals surface area contributed by atoms with Crippen LogP contribution in [0.5, 0.6) is 5.75 Å². The quantitative estimate of drug-likeness (QED) is 0.902. The van der Waals surface area contributed by atoms with E-state index >= 15 is 0 Å². The number of para-hydroxylation sites is 1. The number of hydrogen-bond acceptors (Lipinski definition) is 2. The molecule has 4 atom stereocenters. The van der Waals surface area contributed by atoms with Crippen molar-refractivity contribution in [2.45, 2.75) is 52.0 Å². The van der Waals surface area contributed by atoms with Crippen molar-refractivity contribution in [1.82, 2.24) is 5.32 Å². The van der Waals surface area contributed by atoms with Crippen LogP contribution in [0.1, 0.15) is 45.1 Å². The number of benzene rings is 1. The van der Waals surface area contributed by atoms with E-state index in [1.807, 2.05) is 0 Å². The maximum Gasteiger partial charge on any atom is 0.122 e. The van der Waals surface area contributed by atoms with Gasteiger partial charge in [-0.3, -0.25) is 0 Å². The predicted molar refractivity (Wildman–Crippen MR) is 87.7 cm³/mol. The van der Waals surface area contributed by atoms with E-state index in [1.54, 1.807) is 0 Å². The lowest BCUT2D eigenvalue weighted by Crippen LogP contribution is -2.47. The lowest BCUT2D eigenvalue weighted by molar-refractivity contribution is 0.123. The molecule has 0 aromatic heterocycles. The van der Waals surface area contributed by atoms with Crippen molar-refractivity contribution in [3.63, 3.8) is 0 Å². The third-order valence-electron chi connectivity index (χ3n) is 5.34. The summed E-state index contributed by atoms with van der Waals surface area (Å²) in [5.74, 6) is 3.44. The fourth-order valence-electron chi connectivity index (χ4n) is 4.34. The Morgan fingerprint density at radius 2 is 2.10 bits per heavy atom. The molecule has 1 saturated carbocycles. The molecular weight excluding hydrogens is 258 g/mol. The summed E-state index contributed by atoms with van der Waals surface area (Å²) in [6, 6.07) is 9.16. The normalized spacial score (nSPS) is 30.3. The maximum absolute atomic E-state index is 6.04. The first-order chi connectivity index (χ1) is 10.3. The molecule has 1 heterocycles. The van der Waals surface area contributed by atoms with Gasteiger partial charge in [-0.1, -0.05) is 44.9 Å². The van der Waals surface area contributed by atoms with Gasteiger partial charge in [0.15, 0.2) is 0 Å². The Morgan fingerprint density at radius 3 is 2.90 bits per heavy atom. The van der Waals surface area contributed by atoms with Crippen molar-refractivity contribution in [2.24, 2.45) is 17.8 Å². The van der Waals surface area contributed by atoms with Crippen LogP contribution in [-0.4, -0.2) is 19.2 Å². The molecule has 0 amide bonds. The average molecular weight is 287 g/mol. The second kappa shape index (κ2) is 6.83. The molecule has 0 bridgehead atoms. The first-order valence-corrected chi connectivity index (χ1v) is 8.72. The Labute approximate surface area is 129 Å². The van der Waals surface area contributed by atoms with Gasteiger partial charge in [-0.2, -0.15) is 0 Å². The van der Waals surface area contributed by atoms with E-state index < -0.39 is 0 Å². The van der Waals surface area contributed by atoms with E-state index in [-0.39, 0.29) is 0 Å². The monoisotopic (exact) mass is 287 g/mol. The average Bonchev–Trinajstić information content (AvgIpc) is 2.52. The molecule has 2 nitrogen and oxygen atoms in total. The molecule has 1 aliphatic heterocycles. The summed E-state index contributed by atoms with van der Waals surface area (Å²) in [5.41, 5.74) is 1.39. The number of fused-ring (bicyclic) bond motifs is 1. The molecule has 1 aromatic rings. The number of hydrogen-bond donors (Lipinski definition) is 1. The topological polar surface area (TPSA) is 21.3 Å². The molecular formula is C19H29NO. The standard InChI is InChI=1S/C19H29NO/c1-3-20-19(16-9-6-7-14(2)11-16)17-12-15-8-4-5-10-18(15)21-13-17/h4-5,8,10,14,16-17,19-20H,3,6-7,9,11-13H2,1-2H3. The first-order valence-electron chi connectivity index (χ1n) is 8.72. The van der Waals surface area contributed by atoms with Gasteiger partial charge in [-0.15, -0.1) is 0 Å². The van der Waals surface area contributed by atoms with Gasteiger partial charge in [0, 0.05) is 12.0 Å². The zero-order chi connectivity index (χ0) is 14.7. The van der Waals surface area contributed by atoms with Gasteiger partial charge < -0.3 is 10.1 Å². The highest BCUT2D eigenvalue weighted by Gasteiger charge is 2.34. The summed E-state index contributed by atoms with van der Waals surface area (Å²) < 4.78 is 6.04. The SMILES string of the molecule is CCNC(C1COc2ccccc2C1)C1CCCC(C)C1. The fraction of sp³-hybridized carbons (Fsp3) is 0.684. The Balaban J connectivity index is 1.72. The van der Waals surface area contributed by atoms with Crippen molar-refractivity contribution >= 4 is 0 Å². The second-order valence-corrected chi connectivity index (χ2v) is 7.00. The molecule has 4 unspecified atom stereocenters. The minimum absolute atomic E-state index is 0.617. The summed E-state index contributed by atoms with van der Waals surface area (Å²) >= 11 is 0. The minimum Gasteiger partial charge on any atom is -0.493 e. The highest BCUT2D eigenvalue weighted by molar-refractivity contribution is 5.35. The third kappa shape index (κ3) is 3.42. The van der Waals surface area contributed by atoms with E-state index in [0.29, 0.717) is 12.0 Å². The molecule has 1 aliphatic carbocycles. The largest absolute Gasteiger partial charge is 0.493 e. The highest BCUT2D eigenvalue weighted by Crippen LogP contribution is 2.36. The number of rotatable bonds is 4. The van der Waals surface area contributed by atoms with Crippen LogP contribution < -0.4 is 10.1 Å². The molecule has 1 N–H and O–H groups in total. The highest BCUT2D eigenvalue weighted by atomic mass is 16.5. The van der Waals surface area contributed by atoms with Crippen LogP contribution in [0.2, 0.25) is 0 Å².